The maximum Gasteiger partial charge on any atom is 0.271 e. The average Bonchev–Trinajstić information content (AvgIpc) is 2.36. The quantitative estimate of drug-likeness (QED) is 0.647. The first-order valence-corrected chi connectivity index (χ1v) is 6.72. The molecule has 2 unspecified atom stereocenters. The Morgan fingerprint density at radius 1 is 1.42 bits per heavy atom. The van der Waals surface area contributed by atoms with Crippen molar-refractivity contribution in [1.29, 1.82) is 0 Å². The van der Waals surface area contributed by atoms with Crippen LogP contribution in [0.4, 0.5) is 11.4 Å². The second kappa shape index (κ2) is 6.02. The largest absolute Gasteiger partial charge is 0.393 e. The molecule has 1 aliphatic rings. The Morgan fingerprint density at radius 2 is 2.21 bits per heavy atom. The summed E-state index contributed by atoms with van der Waals surface area (Å²) in [4.78, 5) is 10.4. The second-order valence-electron chi connectivity index (χ2n) is 5.38. The number of aliphatic hydroxyl groups is 1. The Balaban J connectivity index is 1.97. The molecule has 0 amide bonds. The van der Waals surface area contributed by atoms with Gasteiger partial charge >= 0.3 is 0 Å². The molecular formula is C14H20N2O3. The molecule has 1 saturated carbocycles. The van der Waals surface area contributed by atoms with E-state index in [0.717, 1.165) is 43.5 Å². The van der Waals surface area contributed by atoms with Gasteiger partial charge in [0.25, 0.3) is 5.69 Å². The fourth-order valence-corrected chi connectivity index (χ4v) is 2.68. The standard InChI is InChI=1S/C14H20N2O3/c1-10-5-12(8-13(6-10)16(18)19)15-9-11-3-2-4-14(17)7-11/h5-6,8,11,14-15,17H,2-4,7,9H2,1H3. The van der Waals surface area contributed by atoms with E-state index in [9.17, 15) is 15.2 Å². The molecule has 19 heavy (non-hydrogen) atoms. The van der Waals surface area contributed by atoms with Gasteiger partial charge in [0.05, 0.1) is 11.0 Å². The molecule has 0 aliphatic heterocycles. The van der Waals surface area contributed by atoms with Crippen LogP contribution in [0.25, 0.3) is 0 Å². The van der Waals surface area contributed by atoms with Gasteiger partial charge in [-0.25, -0.2) is 0 Å². The third kappa shape index (κ3) is 3.92. The van der Waals surface area contributed by atoms with Crippen molar-refractivity contribution in [2.75, 3.05) is 11.9 Å². The van der Waals surface area contributed by atoms with Crippen molar-refractivity contribution in [3.05, 3.63) is 33.9 Å². The summed E-state index contributed by atoms with van der Waals surface area (Å²) in [6.07, 6.45) is 3.69. The first kappa shape index (κ1) is 13.8. The lowest BCUT2D eigenvalue weighted by atomic mass is 9.87. The van der Waals surface area contributed by atoms with Gasteiger partial charge in [0.2, 0.25) is 0 Å². The van der Waals surface area contributed by atoms with Crippen molar-refractivity contribution in [1.82, 2.24) is 0 Å². The summed E-state index contributed by atoms with van der Waals surface area (Å²) < 4.78 is 0. The Hall–Kier alpha value is -1.62. The number of nitro benzene ring substituents is 1. The van der Waals surface area contributed by atoms with E-state index >= 15 is 0 Å². The molecule has 1 aromatic carbocycles. The van der Waals surface area contributed by atoms with Gasteiger partial charge in [-0.2, -0.15) is 0 Å². The molecule has 1 aromatic rings. The number of nitro groups is 1. The number of hydrogen-bond acceptors (Lipinski definition) is 4. The highest BCUT2D eigenvalue weighted by Crippen LogP contribution is 2.26. The molecule has 0 bridgehead atoms. The number of aliphatic hydroxyl groups excluding tert-OH is 1. The van der Waals surface area contributed by atoms with Gasteiger partial charge in [0.1, 0.15) is 0 Å². The predicted molar refractivity (Wildman–Crippen MR) is 74.3 cm³/mol. The number of aryl methyl sites for hydroxylation is 1. The van der Waals surface area contributed by atoms with Crippen LogP contribution in [0.2, 0.25) is 0 Å². The van der Waals surface area contributed by atoms with Crippen molar-refractivity contribution in [2.45, 2.75) is 38.7 Å². The maximum atomic E-state index is 10.8. The normalized spacial score (nSPS) is 23.1. The van der Waals surface area contributed by atoms with E-state index in [1.165, 1.54) is 0 Å². The number of anilines is 1. The molecule has 0 radical (unpaired) electrons. The summed E-state index contributed by atoms with van der Waals surface area (Å²) in [5.41, 5.74) is 1.78. The minimum absolute atomic E-state index is 0.117. The zero-order chi connectivity index (χ0) is 13.8. The number of nitrogens with zero attached hydrogens (tertiary/aromatic N) is 1. The molecule has 5 heteroatoms. The topological polar surface area (TPSA) is 75.4 Å². The van der Waals surface area contributed by atoms with Crippen LogP contribution in [0.3, 0.4) is 0 Å². The van der Waals surface area contributed by atoms with E-state index in [4.69, 9.17) is 0 Å². The van der Waals surface area contributed by atoms with Crippen LogP contribution in [0.15, 0.2) is 18.2 Å². The van der Waals surface area contributed by atoms with Crippen molar-refractivity contribution >= 4 is 11.4 Å². The van der Waals surface area contributed by atoms with E-state index in [-0.39, 0.29) is 16.7 Å². The Labute approximate surface area is 112 Å². The number of non-ortho nitro benzene ring substituents is 1. The lowest BCUT2D eigenvalue weighted by molar-refractivity contribution is -0.384. The van der Waals surface area contributed by atoms with Gasteiger partial charge in [-0.1, -0.05) is 6.42 Å². The molecule has 104 valence electrons. The van der Waals surface area contributed by atoms with Crippen LogP contribution >= 0.6 is 0 Å². The number of rotatable bonds is 4. The van der Waals surface area contributed by atoms with E-state index in [0.29, 0.717) is 5.92 Å². The van der Waals surface area contributed by atoms with Crippen LogP contribution in [0, 0.1) is 23.0 Å². The first-order chi connectivity index (χ1) is 9.04. The van der Waals surface area contributed by atoms with Gasteiger partial charge in [0.15, 0.2) is 0 Å². The monoisotopic (exact) mass is 264 g/mol. The smallest absolute Gasteiger partial charge is 0.271 e. The Bertz CT molecular complexity index is 462. The van der Waals surface area contributed by atoms with Crippen LogP contribution in [-0.2, 0) is 0 Å². The minimum atomic E-state index is -0.372. The molecule has 1 fully saturated rings. The van der Waals surface area contributed by atoms with Crippen LogP contribution in [0.1, 0.15) is 31.2 Å². The van der Waals surface area contributed by atoms with E-state index < -0.39 is 0 Å². The summed E-state index contributed by atoms with van der Waals surface area (Å²) >= 11 is 0. The highest BCUT2D eigenvalue weighted by Gasteiger charge is 2.20. The van der Waals surface area contributed by atoms with Gasteiger partial charge in [-0.3, -0.25) is 10.1 Å². The Kier molecular flexibility index (Phi) is 4.37. The van der Waals surface area contributed by atoms with Gasteiger partial charge in [-0.05, 0) is 43.7 Å². The molecule has 0 aromatic heterocycles. The predicted octanol–water partition coefficient (Wildman–Crippen LogP) is 2.87. The zero-order valence-electron chi connectivity index (χ0n) is 11.1. The summed E-state index contributed by atoms with van der Waals surface area (Å²) in [7, 11) is 0. The van der Waals surface area contributed by atoms with Crippen LogP contribution in [0.5, 0.6) is 0 Å². The molecule has 2 N–H and O–H groups in total. The summed E-state index contributed by atoms with van der Waals surface area (Å²) in [6.45, 7) is 2.61. The highest BCUT2D eigenvalue weighted by atomic mass is 16.6. The number of benzene rings is 1. The van der Waals surface area contributed by atoms with Crippen molar-refractivity contribution in [3.63, 3.8) is 0 Å². The second-order valence-corrected chi connectivity index (χ2v) is 5.38. The first-order valence-electron chi connectivity index (χ1n) is 6.72. The molecule has 0 heterocycles. The molecule has 0 saturated heterocycles. The van der Waals surface area contributed by atoms with E-state index in [1.807, 2.05) is 13.0 Å². The van der Waals surface area contributed by atoms with Gasteiger partial charge < -0.3 is 10.4 Å². The third-order valence-electron chi connectivity index (χ3n) is 3.62. The fourth-order valence-electron chi connectivity index (χ4n) is 2.68. The SMILES string of the molecule is Cc1cc(NCC2CCCC(O)C2)cc([N+](=O)[O-])c1. The van der Waals surface area contributed by atoms with Crippen molar-refractivity contribution in [2.24, 2.45) is 5.92 Å². The fraction of sp³-hybridized carbons (Fsp3) is 0.571. The molecular weight excluding hydrogens is 244 g/mol. The summed E-state index contributed by atoms with van der Waals surface area (Å²) in [5, 5.41) is 23.7. The van der Waals surface area contributed by atoms with E-state index in [2.05, 4.69) is 5.32 Å². The number of hydrogen-bond donors (Lipinski definition) is 2. The van der Waals surface area contributed by atoms with Gasteiger partial charge in [-0.15, -0.1) is 0 Å². The zero-order valence-corrected chi connectivity index (χ0v) is 11.1. The molecule has 5 nitrogen and oxygen atoms in total. The minimum Gasteiger partial charge on any atom is -0.393 e. The van der Waals surface area contributed by atoms with Crippen LogP contribution < -0.4 is 5.32 Å². The summed E-state index contributed by atoms with van der Waals surface area (Å²) in [5.74, 6) is 0.448. The molecule has 0 spiro atoms. The lowest BCUT2D eigenvalue weighted by Crippen LogP contribution is -2.25. The van der Waals surface area contributed by atoms with Crippen molar-refractivity contribution < 1.29 is 10.0 Å². The van der Waals surface area contributed by atoms with E-state index in [1.54, 1.807) is 12.1 Å². The van der Waals surface area contributed by atoms with Gasteiger partial charge in [0, 0.05) is 24.4 Å². The molecule has 2 rings (SSSR count). The Morgan fingerprint density at radius 3 is 2.89 bits per heavy atom. The summed E-state index contributed by atoms with van der Waals surface area (Å²) in [6, 6.07) is 5.04. The van der Waals surface area contributed by atoms with Crippen LogP contribution in [-0.4, -0.2) is 22.7 Å². The number of nitrogens with one attached hydrogen (secondary N) is 1. The lowest BCUT2D eigenvalue weighted by Gasteiger charge is -2.26. The average molecular weight is 264 g/mol. The van der Waals surface area contributed by atoms with Crippen molar-refractivity contribution in [3.8, 4) is 0 Å². The molecule has 2 atom stereocenters. The third-order valence-corrected chi connectivity index (χ3v) is 3.62. The molecule has 1 aliphatic carbocycles. The maximum absolute atomic E-state index is 10.8. The highest BCUT2D eigenvalue weighted by molar-refractivity contribution is 5.53.